The number of ketones is 1. The van der Waals surface area contributed by atoms with Crippen LogP contribution in [0.2, 0.25) is 0 Å². The summed E-state index contributed by atoms with van der Waals surface area (Å²) in [6.07, 6.45) is 5.42. The van der Waals surface area contributed by atoms with Gasteiger partial charge >= 0.3 is 0 Å². The molecule has 4 nitrogen and oxygen atoms in total. The van der Waals surface area contributed by atoms with Gasteiger partial charge < -0.3 is 5.11 Å². The lowest BCUT2D eigenvalue weighted by Gasteiger charge is -2.16. The van der Waals surface area contributed by atoms with Gasteiger partial charge in [-0.3, -0.25) is 4.79 Å². The first-order valence-electron chi connectivity index (χ1n) is 6.46. The maximum absolute atomic E-state index is 11.9. The molecule has 1 aromatic heterocycles. The van der Waals surface area contributed by atoms with Crippen molar-refractivity contribution in [1.82, 2.24) is 9.97 Å². The summed E-state index contributed by atoms with van der Waals surface area (Å²) in [5.74, 6) is 0.300. The van der Waals surface area contributed by atoms with Crippen molar-refractivity contribution in [2.75, 3.05) is 0 Å². The van der Waals surface area contributed by atoms with Crippen LogP contribution in [0.5, 0.6) is 0 Å². The van der Waals surface area contributed by atoms with E-state index in [1.54, 1.807) is 12.4 Å². The Bertz CT molecular complexity index is 468. The largest absolute Gasteiger partial charge is 0.512 e. The monoisotopic (exact) mass is 262 g/mol. The summed E-state index contributed by atoms with van der Waals surface area (Å²) in [6, 6.07) is 0. The van der Waals surface area contributed by atoms with E-state index in [1.165, 1.54) is 6.08 Å². The first-order valence-corrected chi connectivity index (χ1v) is 6.46. The molecular formula is C15H22N2O2. The molecule has 4 heteroatoms. The van der Waals surface area contributed by atoms with Crippen LogP contribution < -0.4 is 0 Å². The first-order chi connectivity index (χ1) is 8.70. The third-order valence-corrected chi connectivity index (χ3v) is 2.61. The van der Waals surface area contributed by atoms with Gasteiger partial charge in [0, 0.05) is 23.9 Å². The van der Waals surface area contributed by atoms with Crippen molar-refractivity contribution >= 4 is 5.78 Å². The minimum absolute atomic E-state index is 0.0346. The van der Waals surface area contributed by atoms with Gasteiger partial charge in [-0.05, 0) is 17.9 Å². The summed E-state index contributed by atoms with van der Waals surface area (Å²) in [6.45, 7) is 9.72. The summed E-state index contributed by atoms with van der Waals surface area (Å²) in [7, 11) is 0. The van der Waals surface area contributed by atoms with Crippen molar-refractivity contribution < 1.29 is 9.90 Å². The van der Waals surface area contributed by atoms with E-state index in [2.05, 4.69) is 23.8 Å². The summed E-state index contributed by atoms with van der Waals surface area (Å²) in [5, 5.41) is 9.78. The SMILES string of the molecule is CC(C)Cc1cnc(C(=O)/C=C(\O)C(C)(C)C)nc1. The van der Waals surface area contributed by atoms with E-state index in [9.17, 15) is 9.90 Å². The third-order valence-electron chi connectivity index (χ3n) is 2.61. The summed E-state index contributed by atoms with van der Waals surface area (Å²) in [5.41, 5.74) is 0.559. The number of aliphatic hydroxyl groups excluding tert-OH is 1. The number of aliphatic hydroxyl groups is 1. The Balaban J connectivity index is 2.84. The van der Waals surface area contributed by atoms with Gasteiger partial charge in [-0.15, -0.1) is 0 Å². The zero-order chi connectivity index (χ0) is 14.6. The molecule has 0 aliphatic heterocycles. The topological polar surface area (TPSA) is 63.1 Å². The highest BCUT2D eigenvalue weighted by Crippen LogP contribution is 2.22. The number of allylic oxidation sites excluding steroid dienone is 2. The van der Waals surface area contributed by atoms with Crippen LogP contribution in [0.3, 0.4) is 0 Å². The van der Waals surface area contributed by atoms with E-state index in [4.69, 9.17) is 0 Å². The fourth-order valence-corrected chi connectivity index (χ4v) is 1.46. The standard InChI is InChI=1S/C15H22N2O2/c1-10(2)6-11-8-16-14(17-9-11)12(18)7-13(19)15(3,4)5/h7-10,19H,6H2,1-5H3/b13-7-. The quantitative estimate of drug-likeness (QED) is 0.513. The number of hydrogen-bond acceptors (Lipinski definition) is 4. The van der Waals surface area contributed by atoms with Crippen molar-refractivity contribution in [2.24, 2.45) is 11.3 Å². The highest BCUT2D eigenvalue weighted by atomic mass is 16.3. The van der Waals surface area contributed by atoms with E-state index in [1.807, 2.05) is 20.8 Å². The molecule has 19 heavy (non-hydrogen) atoms. The van der Waals surface area contributed by atoms with E-state index >= 15 is 0 Å². The van der Waals surface area contributed by atoms with Gasteiger partial charge in [0.15, 0.2) is 0 Å². The number of nitrogens with zero attached hydrogens (tertiary/aromatic N) is 2. The predicted molar refractivity (Wildman–Crippen MR) is 75.1 cm³/mol. The van der Waals surface area contributed by atoms with Crippen LogP contribution in [0, 0.1) is 11.3 Å². The maximum Gasteiger partial charge on any atom is 0.226 e. The van der Waals surface area contributed by atoms with Crippen molar-refractivity contribution in [3.05, 3.63) is 35.6 Å². The normalized spacial score (nSPS) is 12.8. The number of hydrogen-bond donors (Lipinski definition) is 1. The summed E-state index contributed by atoms with van der Waals surface area (Å²) < 4.78 is 0. The van der Waals surface area contributed by atoms with Gasteiger partial charge in [0.05, 0.1) is 0 Å². The van der Waals surface area contributed by atoms with E-state index < -0.39 is 5.41 Å². The second-order valence-corrected chi connectivity index (χ2v) is 6.16. The molecule has 0 radical (unpaired) electrons. The van der Waals surface area contributed by atoms with E-state index in [0.29, 0.717) is 5.92 Å². The van der Waals surface area contributed by atoms with Gasteiger partial charge in [-0.25, -0.2) is 9.97 Å². The Hall–Kier alpha value is -1.71. The average molecular weight is 262 g/mol. The lowest BCUT2D eigenvalue weighted by Crippen LogP contribution is -2.12. The van der Waals surface area contributed by atoms with Crippen LogP contribution >= 0.6 is 0 Å². The molecule has 1 heterocycles. The molecule has 0 aromatic carbocycles. The third kappa shape index (κ3) is 4.81. The molecule has 104 valence electrons. The zero-order valence-electron chi connectivity index (χ0n) is 12.3. The maximum atomic E-state index is 11.9. The molecule has 1 rings (SSSR count). The second-order valence-electron chi connectivity index (χ2n) is 6.16. The van der Waals surface area contributed by atoms with Crippen LogP contribution in [0.25, 0.3) is 0 Å². The Kier molecular flexibility index (Phi) is 4.81. The van der Waals surface area contributed by atoms with Gasteiger partial charge in [0.2, 0.25) is 11.6 Å². The fraction of sp³-hybridized carbons (Fsp3) is 0.533. The molecule has 0 saturated carbocycles. The van der Waals surface area contributed by atoms with Gasteiger partial charge in [0.1, 0.15) is 5.76 Å². The Morgan fingerprint density at radius 1 is 1.32 bits per heavy atom. The molecule has 0 aliphatic rings. The molecule has 0 atom stereocenters. The van der Waals surface area contributed by atoms with Crippen molar-refractivity contribution in [3.63, 3.8) is 0 Å². The predicted octanol–water partition coefficient (Wildman–Crippen LogP) is 3.35. The van der Waals surface area contributed by atoms with Crippen LogP contribution in [0.4, 0.5) is 0 Å². The van der Waals surface area contributed by atoms with Crippen molar-refractivity contribution in [3.8, 4) is 0 Å². The Labute approximate surface area is 114 Å². The minimum Gasteiger partial charge on any atom is -0.512 e. The van der Waals surface area contributed by atoms with Crippen LogP contribution in [0.15, 0.2) is 24.2 Å². The second kappa shape index (κ2) is 5.95. The number of rotatable bonds is 4. The molecule has 0 bridgehead atoms. The molecular weight excluding hydrogens is 240 g/mol. The minimum atomic E-state index is -0.451. The average Bonchev–Trinajstić information content (AvgIpc) is 2.27. The fourth-order valence-electron chi connectivity index (χ4n) is 1.46. The van der Waals surface area contributed by atoms with Crippen LogP contribution in [-0.2, 0) is 6.42 Å². The molecule has 0 unspecified atom stereocenters. The Morgan fingerprint density at radius 2 is 1.84 bits per heavy atom. The highest BCUT2D eigenvalue weighted by Gasteiger charge is 2.18. The number of carbonyl (C=O) groups is 1. The molecule has 0 aliphatic carbocycles. The van der Waals surface area contributed by atoms with Crippen LogP contribution in [-0.4, -0.2) is 20.9 Å². The molecule has 0 spiro atoms. The summed E-state index contributed by atoms with van der Waals surface area (Å²) in [4.78, 5) is 20.0. The lowest BCUT2D eigenvalue weighted by molar-refractivity contribution is 0.102. The zero-order valence-corrected chi connectivity index (χ0v) is 12.3. The smallest absolute Gasteiger partial charge is 0.226 e. The molecule has 1 N–H and O–H groups in total. The van der Waals surface area contributed by atoms with Crippen molar-refractivity contribution in [2.45, 2.75) is 41.0 Å². The number of aromatic nitrogens is 2. The van der Waals surface area contributed by atoms with Gasteiger partial charge in [-0.2, -0.15) is 0 Å². The van der Waals surface area contributed by atoms with Crippen molar-refractivity contribution in [1.29, 1.82) is 0 Å². The summed E-state index contributed by atoms with van der Waals surface area (Å²) >= 11 is 0. The van der Waals surface area contributed by atoms with E-state index in [0.717, 1.165) is 12.0 Å². The molecule has 0 fully saturated rings. The molecule has 0 saturated heterocycles. The molecule has 1 aromatic rings. The van der Waals surface area contributed by atoms with E-state index in [-0.39, 0.29) is 17.4 Å². The number of carbonyl (C=O) groups excluding carboxylic acids is 1. The van der Waals surface area contributed by atoms with Crippen LogP contribution in [0.1, 0.15) is 50.8 Å². The highest BCUT2D eigenvalue weighted by molar-refractivity contribution is 6.01. The lowest BCUT2D eigenvalue weighted by atomic mass is 9.93. The first kappa shape index (κ1) is 15.3. The van der Waals surface area contributed by atoms with Gasteiger partial charge in [-0.1, -0.05) is 34.6 Å². The molecule has 0 amide bonds. The Morgan fingerprint density at radius 3 is 2.26 bits per heavy atom. The van der Waals surface area contributed by atoms with Gasteiger partial charge in [0.25, 0.3) is 0 Å².